The highest BCUT2D eigenvalue weighted by atomic mass is 35.5. The zero-order valence-electron chi connectivity index (χ0n) is 15.9. The quantitative estimate of drug-likeness (QED) is 0.639. The van der Waals surface area contributed by atoms with Crippen LogP contribution in [-0.2, 0) is 9.59 Å². The van der Waals surface area contributed by atoms with Crippen molar-refractivity contribution in [3.63, 3.8) is 0 Å². The maximum atomic E-state index is 12.8. The molecule has 1 atom stereocenters. The van der Waals surface area contributed by atoms with Gasteiger partial charge in [-0.3, -0.25) is 9.59 Å². The normalized spacial score (nSPS) is 16.2. The molecule has 0 unspecified atom stereocenters. The van der Waals surface area contributed by atoms with Crippen LogP contribution in [0.15, 0.2) is 30.6 Å². The summed E-state index contributed by atoms with van der Waals surface area (Å²) in [5, 5.41) is 9.98. The number of carbonyl (C=O) groups is 2. The van der Waals surface area contributed by atoms with E-state index in [4.69, 9.17) is 23.2 Å². The van der Waals surface area contributed by atoms with E-state index in [-0.39, 0.29) is 24.5 Å². The van der Waals surface area contributed by atoms with E-state index in [0.29, 0.717) is 33.9 Å². The van der Waals surface area contributed by atoms with Crippen LogP contribution in [0.3, 0.4) is 0 Å². The number of nitrogens with one attached hydrogen (secondary N) is 3. The van der Waals surface area contributed by atoms with Gasteiger partial charge in [-0.25, -0.2) is 9.97 Å². The standard InChI is InChI=1S/C19H22Cl2N6O2/c1-12(28)25-16-9-17(24-11-23-16)26-18-4-2-3-5-27(18)19(29)10-22-15-7-13(20)6-14(21)8-15/h6-9,11,18,22H,2-5,10H2,1H3,(H2,23,24,25,26,28)/t18-/m0/s1. The zero-order chi connectivity index (χ0) is 20.8. The first kappa shape index (κ1) is 21.1. The number of hydrogen-bond donors (Lipinski definition) is 3. The lowest BCUT2D eigenvalue weighted by Gasteiger charge is -2.36. The van der Waals surface area contributed by atoms with Crippen molar-refractivity contribution in [3.05, 3.63) is 40.6 Å². The Labute approximate surface area is 179 Å². The number of anilines is 3. The molecule has 1 aromatic carbocycles. The lowest BCUT2D eigenvalue weighted by Crippen LogP contribution is -2.49. The van der Waals surface area contributed by atoms with Crippen molar-refractivity contribution in [2.24, 2.45) is 0 Å². The van der Waals surface area contributed by atoms with Crippen LogP contribution in [0.4, 0.5) is 17.3 Å². The van der Waals surface area contributed by atoms with Gasteiger partial charge in [0.25, 0.3) is 0 Å². The summed E-state index contributed by atoms with van der Waals surface area (Å²) in [6, 6.07) is 6.72. The predicted octanol–water partition coefficient (Wildman–Crippen LogP) is 3.60. The summed E-state index contributed by atoms with van der Waals surface area (Å²) in [6.45, 7) is 2.19. The Hall–Kier alpha value is -2.58. The molecule has 2 heterocycles. The number of rotatable bonds is 6. The summed E-state index contributed by atoms with van der Waals surface area (Å²) in [4.78, 5) is 34.0. The van der Waals surface area contributed by atoms with Crippen molar-refractivity contribution in [1.29, 1.82) is 0 Å². The summed E-state index contributed by atoms with van der Waals surface area (Å²) < 4.78 is 0. The third kappa shape index (κ3) is 6.20. The molecule has 154 valence electrons. The number of piperidine rings is 1. The van der Waals surface area contributed by atoms with Crippen molar-refractivity contribution in [1.82, 2.24) is 14.9 Å². The second-order valence-electron chi connectivity index (χ2n) is 6.72. The molecule has 1 fully saturated rings. The molecule has 0 radical (unpaired) electrons. The molecule has 2 amide bonds. The maximum absolute atomic E-state index is 12.8. The number of carbonyl (C=O) groups excluding carboxylic acids is 2. The van der Waals surface area contributed by atoms with Gasteiger partial charge in [0.05, 0.1) is 6.54 Å². The molecule has 3 rings (SSSR count). The van der Waals surface area contributed by atoms with Crippen LogP contribution in [0.2, 0.25) is 10.0 Å². The Balaban J connectivity index is 1.64. The van der Waals surface area contributed by atoms with Gasteiger partial charge in [-0.2, -0.15) is 0 Å². The fraction of sp³-hybridized carbons (Fsp3) is 0.368. The summed E-state index contributed by atoms with van der Waals surface area (Å²) >= 11 is 12.0. The molecule has 0 bridgehead atoms. The van der Waals surface area contributed by atoms with Crippen molar-refractivity contribution in [2.75, 3.05) is 29.0 Å². The van der Waals surface area contributed by atoms with E-state index < -0.39 is 0 Å². The largest absolute Gasteiger partial charge is 0.376 e. The number of amides is 2. The molecule has 2 aromatic rings. The molecule has 1 saturated heterocycles. The van der Waals surface area contributed by atoms with Crippen LogP contribution < -0.4 is 16.0 Å². The van der Waals surface area contributed by atoms with Crippen molar-refractivity contribution in [2.45, 2.75) is 32.4 Å². The number of nitrogens with zero attached hydrogens (tertiary/aromatic N) is 3. The Bertz CT molecular complexity index is 875. The zero-order valence-corrected chi connectivity index (χ0v) is 17.4. The fourth-order valence-electron chi connectivity index (χ4n) is 3.17. The van der Waals surface area contributed by atoms with Crippen LogP contribution in [0, 0.1) is 0 Å². The lowest BCUT2D eigenvalue weighted by atomic mass is 10.1. The first-order valence-electron chi connectivity index (χ1n) is 9.26. The Morgan fingerprint density at radius 3 is 2.55 bits per heavy atom. The summed E-state index contributed by atoms with van der Waals surface area (Å²) in [6.07, 6.45) is 3.92. The van der Waals surface area contributed by atoms with Crippen LogP contribution >= 0.6 is 23.2 Å². The fourth-order valence-corrected chi connectivity index (χ4v) is 3.70. The minimum absolute atomic E-state index is 0.0468. The molecular formula is C19H22Cl2N6O2. The lowest BCUT2D eigenvalue weighted by molar-refractivity contribution is -0.132. The first-order chi connectivity index (χ1) is 13.9. The van der Waals surface area contributed by atoms with Gasteiger partial charge in [-0.15, -0.1) is 0 Å². The van der Waals surface area contributed by atoms with E-state index in [1.54, 1.807) is 29.2 Å². The van der Waals surface area contributed by atoms with E-state index in [1.807, 2.05) is 0 Å². The molecule has 1 aromatic heterocycles. The third-order valence-electron chi connectivity index (χ3n) is 4.42. The van der Waals surface area contributed by atoms with Gasteiger partial charge < -0.3 is 20.9 Å². The summed E-state index contributed by atoms with van der Waals surface area (Å²) in [5.41, 5.74) is 0.688. The minimum atomic E-state index is -0.212. The van der Waals surface area contributed by atoms with E-state index in [9.17, 15) is 9.59 Å². The number of likely N-dealkylation sites (tertiary alicyclic amines) is 1. The number of hydrogen-bond acceptors (Lipinski definition) is 6. The van der Waals surface area contributed by atoms with E-state index >= 15 is 0 Å². The maximum Gasteiger partial charge on any atom is 0.243 e. The topological polar surface area (TPSA) is 99.2 Å². The highest BCUT2D eigenvalue weighted by Gasteiger charge is 2.26. The van der Waals surface area contributed by atoms with Crippen LogP contribution in [0.5, 0.6) is 0 Å². The second kappa shape index (κ2) is 9.76. The molecular weight excluding hydrogens is 415 g/mol. The number of benzene rings is 1. The Kier molecular flexibility index (Phi) is 7.11. The SMILES string of the molecule is CC(=O)Nc1cc(N[C@@H]2CCCCN2C(=O)CNc2cc(Cl)cc(Cl)c2)ncn1. The number of halogens is 2. The molecule has 8 nitrogen and oxygen atoms in total. The van der Waals surface area contributed by atoms with Gasteiger partial charge in [-0.05, 0) is 37.5 Å². The summed E-state index contributed by atoms with van der Waals surface area (Å²) in [7, 11) is 0. The molecule has 10 heteroatoms. The minimum Gasteiger partial charge on any atom is -0.376 e. The average Bonchev–Trinajstić information content (AvgIpc) is 2.65. The van der Waals surface area contributed by atoms with E-state index in [2.05, 4.69) is 25.9 Å². The molecule has 29 heavy (non-hydrogen) atoms. The van der Waals surface area contributed by atoms with Gasteiger partial charge in [0.15, 0.2) is 0 Å². The predicted molar refractivity (Wildman–Crippen MR) is 114 cm³/mol. The van der Waals surface area contributed by atoms with Crippen molar-refractivity contribution >= 4 is 52.3 Å². The second-order valence-corrected chi connectivity index (χ2v) is 7.60. The molecule has 1 aliphatic rings. The van der Waals surface area contributed by atoms with Crippen molar-refractivity contribution < 1.29 is 9.59 Å². The van der Waals surface area contributed by atoms with Gasteiger partial charge in [-0.1, -0.05) is 23.2 Å². The highest BCUT2D eigenvalue weighted by molar-refractivity contribution is 6.35. The van der Waals surface area contributed by atoms with Gasteiger partial charge in [0.1, 0.15) is 24.1 Å². The van der Waals surface area contributed by atoms with Crippen LogP contribution in [0.1, 0.15) is 26.2 Å². The van der Waals surface area contributed by atoms with E-state index in [1.165, 1.54) is 13.3 Å². The monoisotopic (exact) mass is 436 g/mol. The molecule has 0 saturated carbocycles. The number of aromatic nitrogens is 2. The third-order valence-corrected chi connectivity index (χ3v) is 4.85. The summed E-state index contributed by atoms with van der Waals surface area (Å²) in [5.74, 6) is 0.692. The first-order valence-corrected chi connectivity index (χ1v) is 10.0. The van der Waals surface area contributed by atoms with E-state index in [0.717, 1.165) is 19.3 Å². The van der Waals surface area contributed by atoms with Crippen LogP contribution in [-0.4, -0.2) is 45.9 Å². The Morgan fingerprint density at radius 1 is 1.10 bits per heavy atom. The van der Waals surface area contributed by atoms with Crippen molar-refractivity contribution in [3.8, 4) is 0 Å². The van der Waals surface area contributed by atoms with Gasteiger partial charge >= 0.3 is 0 Å². The average molecular weight is 437 g/mol. The smallest absolute Gasteiger partial charge is 0.243 e. The Morgan fingerprint density at radius 2 is 1.83 bits per heavy atom. The molecule has 1 aliphatic heterocycles. The van der Waals surface area contributed by atoms with Gasteiger partial charge in [0, 0.05) is 35.3 Å². The molecule has 0 aliphatic carbocycles. The van der Waals surface area contributed by atoms with Gasteiger partial charge in [0.2, 0.25) is 11.8 Å². The van der Waals surface area contributed by atoms with Crippen LogP contribution in [0.25, 0.3) is 0 Å². The highest BCUT2D eigenvalue weighted by Crippen LogP contribution is 2.23. The molecule has 0 spiro atoms. The molecule has 3 N–H and O–H groups in total.